The number of fused-ring (bicyclic) bond motifs is 1. The molecule has 0 radical (unpaired) electrons. The van der Waals surface area contributed by atoms with E-state index in [4.69, 9.17) is 0 Å². The molecule has 0 spiro atoms. The first kappa shape index (κ1) is 10.0. The number of hydrogen-bond donors (Lipinski definition) is 0. The summed E-state index contributed by atoms with van der Waals surface area (Å²) in [5, 5.41) is 1.59. The summed E-state index contributed by atoms with van der Waals surface area (Å²) in [7, 11) is 0. The lowest BCUT2D eigenvalue weighted by molar-refractivity contribution is 0.537. The molecule has 0 aliphatic carbocycles. The van der Waals surface area contributed by atoms with E-state index in [1.807, 2.05) is 18.2 Å². The van der Waals surface area contributed by atoms with Gasteiger partial charge in [0.25, 0.3) is 0 Å². The minimum Gasteiger partial charge on any atom is -0.768 e. The minimum atomic E-state index is -2.23. The van der Waals surface area contributed by atoms with Crippen molar-refractivity contribution >= 4 is 44.4 Å². The lowest BCUT2D eigenvalue weighted by Gasteiger charge is -2.09. The van der Waals surface area contributed by atoms with Crippen molar-refractivity contribution in [2.24, 2.45) is 0 Å². The summed E-state index contributed by atoms with van der Waals surface area (Å²) >= 11 is -0.142. The average molecular weight is 318 g/mol. The van der Waals surface area contributed by atoms with Crippen LogP contribution in [-0.4, -0.2) is 13.7 Å². The van der Waals surface area contributed by atoms with Crippen molar-refractivity contribution in [2.75, 3.05) is 0 Å². The molecule has 0 saturated carbocycles. The van der Waals surface area contributed by atoms with Gasteiger partial charge in [0.2, 0.25) is 0 Å². The van der Waals surface area contributed by atoms with E-state index in [0.29, 0.717) is 0 Å². The molecule has 0 aliphatic heterocycles. The smallest absolute Gasteiger partial charge is 0.109 e. The Kier molecular flexibility index (Phi) is 2.80. The number of benzene rings is 1. The average Bonchev–Trinajstić information content (AvgIpc) is 2.18. The maximum absolute atomic E-state index is 10.9. The van der Waals surface area contributed by atoms with E-state index in [0.717, 1.165) is 14.5 Å². The molecule has 3 nitrogen and oxygen atoms in total. The monoisotopic (exact) mass is 318 g/mol. The topological polar surface area (TPSA) is 53.0 Å². The maximum atomic E-state index is 10.9. The highest BCUT2D eigenvalue weighted by molar-refractivity contribution is 14.1. The van der Waals surface area contributed by atoms with Crippen molar-refractivity contribution in [2.45, 2.75) is 4.90 Å². The molecule has 0 aliphatic rings. The van der Waals surface area contributed by atoms with Gasteiger partial charge < -0.3 is 4.55 Å². The normalized spacial score (nSPS) is 13.0. The summed E-state index contributed by atoms with van der Waals surface area (Å²) in [6.45, 7) is 0. The summed E-state index contributed by atoms with van der Waals surface area (Å²) in [6.07, 6.45) is 1.38. The highest BCUT2D eigenvalue weighted by Crippen LogP contribution is 2.23. The Morgan fingerprint density at radius 1 is 1.29 bits per heavy atom. The number of hydrogen-bond acceptors (Lipinski definition) is 3. The van der Waals surface area contributed by atoms with Crippen LogP contribution in [0.3, 0.4) is 0 Å². The van der Waals surface area contributed by atoms with E-state index in [-0.39, 0.29) is 4.90 Å². The van der Waals surface area contributed by atoms with E-state index in [1.165, 1.54) is 6.20 Å². The number of pyridine rings is 1. The van der Waals surface area contributed by atoms with Crippen molar-refractivity contribution in [3.63, 3.8) is 0 Å². The van der Waals surface area contributed by atoms with Gasteiger partial charge in [-0.15, -0.1) is 0 Å². The Morgan fingerprint density at radius 3 is 2.57 bits per heavy atom. The van der Waals surface area contributed by atoms with Crippen LogP contribution in [0.25, 0.3) is 10.8 Å². The van der Waals surface area contributed by atoms with Gasteiger partial charge in [-0.2, -0.15) is 0 Å². The lowest BCUT2D eigenvalue weighted by atomic mass is 10.2. The molecule has 1 aromatic carbocycles. The van der Waals surface area contributed by atoms with Crippen LogP contribution < -0.4 is 0 Å². The molecular weight excluding hydrogens is 313 g/mol. The van der Waals surface area contributed by atoms with Gasteiger partial charge in [0.15, 0.2) is 0 Å². The van der Waals surface area contributed by atoms with E-state index >= 15 is 0 Å². The van der Waals surface area contributed by atoms with Gasteiger partial charge in [-0.3, -0.25) is 4.21 Å². The zero-order valence-corrected chi connectivity index (χ0v) is 9.91. The molecule has 5 heteroatoms. The first-order chi connectivity index (χ1) is 6.70. The maximum Gasteiger partial charge on any atom is 0.109 e. The van der Waals surface area contributed by atoms with Crippen molar-refractivity contribution < 1.29 is 8.76 Å². The highest BCUT2D eigenvalue weighted by atomic mass is 127. The second-order valence-corrected chi connectivity index (χ2v) is 4.62. The predicted octanol–water partition coefficient (Wildman–Crippen LogP) is 2.08. The van der Waals surface area contributed by atoms with Gasteiger partial charge in [-0.25, -0.2) is 4.98 Å². The van der Waals surface area contributed by atoms with Crippen molar-refractivity contribution in [1.29, 1.82) is 0 Å². The molecule has 2 aromatic rings. The van der Waals surface area contributed by atoms with Crippen LogP contribution in [0.4, 0.5) is 0 Å². The van der Waals surface area contributed by atoms with Crippen LogP contribution >= 0.6 is 22.6 Å². The fourth-order valence-electron chi connectivity index (χ4n) is 1.27. The van der Waals surface area contributed by atoms with Gasteiger partial charge in [0, 0.05) is 17.0 Å². The van der Waals surface area contributed by atoms with Crippen LogP contribution in [0.15, 0.2) is 35.4 Å². The van der Waals surface area contributed by atoms with Crippen molar-refractivity contribution in [1.82, 2.24) is 4.98 Å². The minimum absolute atomic E-state index is 0.251. The third kappa shape index (κ3) is 1.67. The summed E-state index contributed by atoms with van der Waals surface area (Å²) in [5.41, 5.74) is 0. The molecule has 0 fully saturated rings. The number of aromatic nitrogens is 1. The standard InChI is InChI=1S/C9H6INO2S/c10-9-7-4-2-1-3-6(7)8(5-11-9)14(12)13/h1-5H,(H,12,13)/p-1. The van der Waals surface area contributed by atoms with Crippen molar-refractivity contribution in [3.8, 4) is 0 Å². The third-order valence-electron chi connectivity index (χ3n) is 1.89. The summed E-state index contributed by atoms with van der Waals surface area (Å²) in [4.78, 5) is 4.27. The Balaban J connectivity index is 2.88. The summed E-state index contributed by atoms with van der Waals surface area (Å²) < 4.78 is 22.6. The van der Waals surface area contributed by atoms with Gasteiger partial charge in [-0.1, -0.05) is 24.3 Å². The first-order valence-electron chi connectivity index (χ1n) is 3.82. The fourth-order valence-corrected chi connectivity index (χ4v) is 2.37. The van der Waals surface area contributed by atoms with Crippen LogP contribution in [0, 0.1) is 3.70 Å². The van der Waals surface area contributed by atoms with Gasteiger partial charge >= 0.3 is 0 Å². The number of nitrogens with zero attached hydrogens (tertiary/aromatic N) is 1. The Morgan fingerprint density at radius 2 is 1.93 bits per heavy atom. The fraction of sp³-hybridized carbons (Fsp3) is 0. The van der Waals surface area contributed by atoms with Gasteiger partial charge in [-0.05, 0) is 33.7 Å². The SMILES string of the molecule is O=S([O-])c1cnc(I)c2ccccc12. The second kappa shape index (κ2) is 3.92. The lowest BCUT2D eigenvalue weighted by Crippen LogP contribution is -1.94. The third-order valence-corrected chi connectivity index (χ3v) is 3.43. The summed E-state index contributed by atoms with van der Waals surface area (Å²) in [6, 6.07) is 7.32. The van der Waals surface area contributed by atoms with Crippen molar-refractivity contribution in [3.05, 3.63) is 34.2 Å². The predicted molar refractivity (Wildman–Crippen MR) is 61.6 cm³/mol. The molecule has 14 heavy (non-hydrogen) atoms. The highest BCUT2D eigenvalue weighted by Gasteiger charge is 2.04. The van der Waals surface area contributed by atoms with Gasteiger partial charge in [0.05, 0.1) is 4.90 Å². The van der Waals surface area contributed by atoms with Gasteiger partial charge in [0.1, 0.15) is 3.70 Å². The number of rotatable bonds is 1. The molecule has 1 heterocycles. The van der Waals surface area contributed by atoms with Crippen LogP contribution in [-0.2, 0) is 11.1 Å². The van der Waals surface area contributed by atoms with Crippen LogP contribution in [0.2, 0.25) is 0 Å². The zero-order chi connectivity index (χ0) is 10.1. The van der Waals surface area contributed by atoms with E-state index in [1.54, 1.807) is 6.07 Å². The molecule has 0 bridgehead atoms. The van der Waals surface area contributed by atoms with E-state index in [2.05, 4.69) is 27.6 Å². The largest absolute Gasteiger partial charge is 0.768 e. The Bertz CT molecular complexity index is 515. The molecule has 0 N–H and O–H groups in total. The molecule has 1 atom stereocenters. The Labute approximate surface area is 97.0 Å². The zero-order valence-electron chi connectivity index (χ0n) is 6.94. The first-order valence-corrected chi connectivity index (χ1v) is 5.98. The molecule has 0 saturated heterocycles. The molecule has 0 amide bonds. The second-order valence-electron chi connectivity index (χ2n) is 2.69. The van der Waals surface area contributed by atoms with E-state index in [9.17, 15) is 8.76 Å². The van der Waals surface area contributed by atoms with Crippen LogP contribution in [0.5, 0.6) is 0 Å². The summed E-state index contributed by atoms with van der Waals surface area (Å²) in [5.74, 6) is 0. The molecule has 72 valence electrons. The molecule has 1 aromatic heterocycles. The quantitative estimate of drug-likeness (QED) is 0.459. The molecular formula is C9H5INO2S-. The van der Waals surface area contributed by atoms with Crippen LogP contribution in [0.1, 0.15) is 0 Å². The van der Waals surface area contributed by atoms with E-state index < -0.39 is 11.1 Å². The molecule has 2 rings (SSSR count). The molecule has 1 unspecified atom stereocenters. The Hall–Kier alpha value is -0.530. The number of halogens is 1.